The Bertz CT molecular complexity index is 1580. The van der Waals surface area contributed by atoms with Gasteiger partial charge in [-0.15, -0.1) is 0 Å². The van der Waals surface area contributed by atoms with Crippen LogP contribution >= 0.6 is 11.6 Å². The fourth-order valence-corrected chi connectivity index (χ4v) is 7.00. The van der Waals surface area contributed by atoms with Crippen LogP contribution in [0.2, 0.25) is 5.02 Å². The molecule has 0 aliphatic heterocycles. The Kier molecular flexibility index (Phi) is 11.0. The normalized spacial score (nSPS) is 14.5. The lowest BCUT2D eigenvalue weighted by Gasteiger charge is -2.34. The number of alkyl halides is 3. The second kappa shape index (κ2) is 14.6. The Balaban J connectivity index is 1.77. The zero-order valence-electron chi connectivity index (χ0n) is 24.9. The number of benzene rings is 3. The summed E-state index contributed by atoms with van der Waals surface area (Å²) in [6.07, 6.45) is -1.09. The number of methoxy groups -OCH3 is 1. The molecule has 0 radical (unpaired) electrons. The summed E-state index contributed by atoms with van der Waals surface area (Å²) < 4.78 is 75.2. The lowest BCUT2D eigenvalue weighted by Crippen LogP contribution is -2.53. The van der Waals surface area contributed by atoms with E-state index in [9.17, 15) is 31.2 Å². The third-order valence-corrected chi connectivity index (χ3v) is 9.87. The molecule has 1 saturated carbocycles. The zero-order chi connectivity index (χ0) is 32.8. The van der Waals surface area contributed by atoms with Gasteiger partial charge in [-0.2, -0.15) is 13.2 Å². The molecule has 0 saturated heterocycles. The number of hydrogen-bond acceptors (Lipinski definition) is 5. The van der Waals surface area contributed by atoms with Crippen LogP contribution in [0.5, 0.6) is 5.75 Å². The van der Waals surface area contributed by atoms with E-state index >= 15 is 0 Å². The smallest absolute Gasteiger partial charge is 0.417 e. The van der Waals surface area contributed by atoms with Crippen LogP contribution in [0.3, 0.4) is 0 Å². The van der Waals surface area contributed by atoms with E-state index in [1.165, 1.54) is 36.3 Å². The van der Waals surface area contributed by atoms with Crippen molar-refractivity contribution in [1.82, 2.24) is 10.2 Å². The van der Waals surface area contributed by atoms with Crippen molar-refractivity contribution in [3.63, 3.8) is 0 Å². The minimum absolute atomic E-state index is 0.0331. The number of nitrogens with one attached hydrogen (secondary N) is 1. The van der Waals surface area contributed by atoms with Gasteiger partial charge in [-0.05, 0) is 67.3 Å². The predicted octanol–water partition coefficient (Wildman–Crippen LogP) is 6.43. The van der Waals surface area contributed by atoms with Gasteiger partial charge in [0.25, 0.3) is 10.0 Å². The molecule has 0 aromatic heterocycles. The van der Waals surface area contributed by atoms with Gasteiger partial charge in [0.2, 0.25) is 11.8 Å². The first kappa shape index (κ1) is 34.1. The van der Waals surface area contributed by atoms with Crippen molar-refractivity contribution in [2.24, 2.45) is 0 Å². The van der Waals surface area contributed by atoms with E-state index in [1.54, 1.807) is 37.3 Å². The van der Waals surface area contributed by atoms with Crippen LogP contribution in [0.15, 0.2) is 77.7 Å². The number of nitrogens with zero attached hydrogens (tertiary/aromatic N) is 2. The molecule has 1 atom stereocenters. The monoisotopic (exact) mass is 665 g/mol. The standard InChI is InChI=1S/C32H35ClF3N3O5S/c1-3-29(31(41)37-23-9-7-8-10-23)38(20-22-13-16-25(44-2)17-14-22)30(40)21-39(45(42,43)26-11-5-4-6-12-26)24-15-18-28(33)27(19-24)32(34,35)36/h4-6,11-19,23,29H,3,7-10,20-21H2,1-2H3,(H,37,41)/t29-/m0/s1. The van der Waals surface area contributed by atoms with Crippen LogP contribution in [0, 0.1) is 0 Å². The highest BCUT2D eigenvalue weighted by molar-refractivity contribution is 7.92. The van der Waals surface area contributed by atoms with Crippen molar-refractivity contribution in [2.75, 3.05) is 18.0 Å². The minimum atomic E-state index is -4.88. The van der Waals surface area contributed by atoms with Gasteiger partial charge in [-0.25, -0.2) is 8.42 Å². The van der Waals surface area contributed by atoms with Gasteiger partial charge in [0.1, 0.15) is 18.3 Å². The van der Waals surface area contributed by atoms with E-state index in [0.717, 1.165) is 37.8 Å². The number of anilines is 1. The van der Waals surface area contributed by atoms with E-state index in [1.807, 2.05) is 0 Å². The highest BCUT2D eigenvalue weighted by atomic mass is 35.5. The van der Waals surface area contributed by atoms with Crippen LogP contribution in [-0.2, 0) is 32.3 Å². The molecule has 8 nitrogen and oxygen atoms in total. The molecule has 0 heterocycles. The number of carbonyl (C=O) groups is 2. The summed E-state index contributed by atoms with van der Waals surface area (Å²) in [7, 11) is -3.04. The van der Waals surface area contributed by atoms with Crippen LogP contribution in [0.1, 0.15) is 50.2 Å². The maximum absolute atomic E-state index is 14.2. The number of rotatable bonds is 12. The van der Waals surface area contributed by atoms with Crippen molar-refractivity contribution < 1.29 is 35.9 Å². The first-order chi connectivity index (χ1) is 21.3. The Morgan fingerprint density at radius 2 is 1.67 bits per heavy atom. The average Bonchev–Trinajstić information content (AvgIpc) is 3.53. The number of ether oxygens (including phenoxy) is 1. The SMILES string of the molecule is CC[C@@H](C(=O)NC1CCCC1)N(Cc1ccc(OC)cc1)C(=O)CN(c1ccc(Cl)c(C(F)(F)F)c1)S(=O)(=O)c1ccccc1. The first-order valence-corrected chi connectivity index (χ1v) is 16.3. The number of carbonyl (C=O) groups excluding carboxylic acids is 2. The fraction of sp³-hybridized carbons (Fsp3) is 0.375. The van der Waals surface area contributed by atoms with Crippen LogP contribution in [0.4, 0.5) is 18.9 Å². The molecule has 1 N–H and O–H groups in total. The first-order valence-electron chi connectivity index (χ1n) is 14.5. The molecule has 1 aliphatic carbocycles. The highest BCUT2D eigenvalue weighted by Crippen LogP contribution is 2.38. The summed E-state index contributed by atoms with van der Waals surface area (Å²) in [5.74, 6) is -0.581. The van der Waals surface area contributed by atoms with E-state index in [0.29, 0.717) is 21.7 Å². The number of sulfonamides is 1. The summed E-state index contributed by atoms with van der Waals surface area (Å²) >= 11 is 5.83. The molecule has 45 heavy (non-hydrogen) atoms. The Hall–Kier alpha value is -3.77. The molecule has 0 unspecified atom stereocenters. The fourth-order valence-electron chi connectivity index (χ4n) is 5.35. The van der Waals surface area contributed by atoms with Crippen molar-refractivity contribution in [3.8, 4) is 5.75 Å². The molecule has 242 valence electrons. The molecule has 1 aliphatic rings. The maximum atomic E-state index is 14.2. The van der Waals surface area contributed by atoms with Gasteiger partial charge < -0.3 is 15.0 Å². The Morgan fingerprint density at radius 1 is 1.02 bits per heavy atom. The van der Waals surface area contributed by atoms with Gasteiger partial charge in [0.15, 0.2) is 0 Å². The van der Waals surface area contributed by atoms with Crippen molar-refractivity contribution >= 4 is 39.1 Å². The van der Waals surface area contributed by atoms with Crippen molar-refractivity contribution in [1.29, 1.82) is 0 Å². The summed E-state index contributed by atoms with van der Waals surface area (Å²) in [4.78, 5) is 28.8. The number of amides is 2. The van der Waals surface area contributed by atoms with Crippen LogP contribution in [-0.4, -0.2) is 50.9 Å². The van der Waals surface area contributed by atoms with Gasteiger partial charge in [0.05, 0.1) is 28.3 Å². The molecule has 0 bridgehead atoms. The lowest BCUT2D eigenvalue weighted by molar-refractivity contribution is -0.140. The molecule has 13 heteroatoms. The van der Waals surface area contributed by atoms with Gasteiger partial charge in [0, 0.05) is 12.6 Å². The van der Waals surface area contributed by atoms with Crippen molar-refractivity contribution in [2.45, 2.75) is 68.7 Å². The van der Waals surface area contributed by atoms with Gasteiger partial charge in [-0.3, -0.25) is 13.9 Å². The molecule has 0 spiro atoms. The van der Waals surface area contributed by atoms with Gasteiger partial charge in [-0.1, -0.05) is 61.7 Å². The van der Waals surface area contributed by atoms with E-state index in [4.69, 9.17) is 16.3 Å². The largest absolute Gasteiger partial charge is 0.497 e. The van der Waals surface area contributed by atoms with Gasteiger partial charge >= 0.3 is 6.18 Å². The maximum Gasteiger partial charge on any atom is 0.417 e. The molecule has 3 aromatic rings. The second-order valence-corrected chi connectivity index (χ2v) is 13.0. The lowest BCUT2D eigenvalue weighted by atomic mass is 10.1. The molecule has 4 rings (SSSR count). The Labute approximate surface area is 266 Å². The third-order valence-electron chi connectivity index (χ3n) is 7.75. The summed E-state index contributed by atoms with van der Waals surface area (Å²) in [5, 5.41) is 2.40. The van der Waals surface area contributed by atoms with E-state index < -0.39 is 51.0 Å². The quantitative estimate of drug-likeness (QED) is 0.241. The minimum Gasteiger partial charge on any atom is -0.497 e. The second-order valence-electron chi connectivity index (χ2n) is 10.8. The average molecular weight is 666 g/mol. The zero-order valence-corrected chi connectivity index (χ0v) is 26.5. The number of hydrogen-bond donors (Lipinski definition) is 1. The predicted molar refractivity (Wildman–Crippen MR) is 165 cm³/mol. The summed E-state index contributed by atoms with van der Waals surface area (Å²) in [6, 6.07) is 15.6. The molecule has 1 fully saturated rings. The highest BCUT2D eigenvalue weighted by Gasteiger charge is 2.37. The van der Waals surface area contributed by atoms with E-state index in [-0.39, 0.29) is 29.8 Å². The third kappa shape index (κ3) is 8.29. The topological polar surface area (TPSA) is 96.0 Å². The number of halogens is 4. The van der Waals surface area contributed by atoms with Crippen molar-refractivity contribution in [3.05, 3.63) is 88.9 Å². The molecule has 2 amide bonds. The Morgan fingerprint density at radius 3 is 2.24 bits per heavy atom. The summed E-state index contributed by atoms with van der Waals surface area (Å²) in [5.41, 5.74) is -1.02. The molecular formula is C32H35ClF3N3O5S. The van der Waals surface area contributed by atoms with Crippen LogP contribution < -0.4 is 14.4 Å². The van der Waals surface area contributed by atoms with Crippen LogP contribution in [0.25, 0.3) is 0 Å². The molecular weight excluding hydrogens is 631 g/mol. The summed E-state index contributed by atoms with van der Waals surface area (Å²) in [6.45, 7) is 0.799. The van der Waals surface area contributed by atoms with E-state index in [2.05, 4.69) is 5.32 Å². The molecule has 3 aromatic carbocycles.